The van der Waals surface area contributed by atoms with Gasteiger partial charge in [0.25, 0.3) is 0 Å². The van der Waals surface area contributed by atoms with Crippen molar-refractivity contribution in [1.82, 2.24) is 9.80 Å². The van der Waals surface area contributed by atoms with E-state index in [1.165, 1.54) is 17.0 Å². The summed E-state index contributed by atoms with van der Waals surface area (Å²) in [6, 6.07) is 5.14. The SMILES string of the molecule is CCN(CC)C(=O)C1CCCN1C(=O)Nc1ccccc1F. The van der Waals surface area contributed by atoms with Crippen LogP contribution in [0.15, 0.2) is 24.3 Å². The highest BCUT2D eigenvalue weighted by Gasteiger charge is 2.36. The number of para-hydroxylation sites is 1. The maximum atomic E-state index is 13.6. The van der Waals surface area contributed by atoms with E-state index in [0.717, 1.165) is 6.42 Å². The van der Waals surface area contributed by atoms with Crippen LogP contribution in [-0.2, 0) is 4.79 Å². The highest BCUT2D eigenvalue weighted by atomic mass is 19.1. The van der Waals surface area contributed by atoms with Crippen LogP contribution < -0.4 is 5.32 Å². The number of nitrogens with one attached hydrogen (secondary N) is 1. The predicted octanol–water partition coefficient (Wildman–Crippen LogP) is 2.69. The average Bonchev–Trinajstić information content (AvgIpc) is 3.00. The molecule has 1 aliphatic rings. The molecule has 1 fully saturated rings. The number of rotatable bonds is 4. The summed E-state index contributed by atoms with van der Waals surface area (Å²) in [6.07, 6.45) is 1.43. The zero-order chi connectivity index (χ0) is 16.1. The minimum atomic E-state index is -0.485. The van der Waals surface area contributed by atoms with E-state index in [0.29, 0.717) is 26.1 Å². The first-order chi connectivity index (χ1) is 10.6. The van der Waals surface area contributed by atoms with Crippen LogP contribution in [0, 0.1) is 5.82 Å². The summed E-state index contributed by atoms with van der Waals surface area (Å²) in [7, 11) is 0. The van der Waals surface area contributed by atoms with E-state index in [2.05, 4.69) is 5.32 Å². The molecule has 0 aromatic heterocycles. The Hall–Kier alpha value is -2.11. The van der Waals surface area contributed by atoms with Gasteiger partial charge >= 0.3 is 6.03 Å². The molecule has 1 saturated heterocycles. The first-order valence-corrected chi connectivity index (χ1v) is 7.69. The maximum Gasteiger partial charge on any atom is 0.322 e. The van der Waals surface area contributed by atoms with Crippen LogP contribution in [0.1, 0.15) is 26.7 Å². The molecule has 0 spiro atoms. The Kier molecular flexibility index (Phi) is 5.35. The van der Waals surface area contributed by atoms with Gasteiger partial charge in [-0.15, -0.1) is 0 Å². The number of hydrogen-bond acceptors (Lipinski definition) is 2. The fourth-order valence-electron chi connectivity index (χ4n) is 2.76. The Morgan fingerprint density at radius 3 is 2.64 bits per heavy atom. The Labute approximate surface area is 130 Å². The minimum Gasteiger partial charge on any atom is -0.341 e. The van der Waals surface area contributed by atoms with Gasteiger partial charge in [-0.25, -0.2) is 9.18 Å². The third kappa shape index (κ3) is 3.37. The summed E-state index contributed by atoms with van der Waals surface area (Å²) < 4.78 is 13.6. The van der Waals surface area contributed by atoms with Gasteiger partial charge in [-0.3, -0.25) is 4.79 Å². The lowest BCUT2D eigenvalue weighted by Crippen LogP contribution is -2.49. The van der Waals surface area contributed by atoms with E-state index >= 15 is 0 Å². The van der Waals surface area contributed by atoms with Gasteiger partial charge in [0, 0.05) is 19.6 Å². The molecule has 1 unspecified atom stereocenters. The van der Waals surface area contributed by atoms with Crippen LogP contribution in [0.4, 0.5) is 14.9 Å². The van der Waals surface area contributed by atoms with Crippen LogP contribution in [0.25, 0.3) is 0 Å². The van der Waals surface area contributed by atoms with Gasteiger partial charge in [-0.05, 0) is 38.8 Å². The number of benzene rings is 1. The van der Waals surface area contributed by atoms with Crippen LogP contribution in [0.5, 0.6) is 0 Å². The van der Waals surface area contributed by atoms with Gasteiger partial charge in [-0.2, -0.15) is 0 Å². The zero-order valence-electron chi connectivity index (χ0n) is 13.0. The van der Waals surface area contributed by atoms with Crippen LogP contribution in [0.2, 0.25) is 0 Å². The second-order valence-corrected chi connectivity index (χ2v) is 5.27. The number of carbonyl (C=O) groups excluding carboxylic acids is 2. The molecular formula is C16H22FN3O2. The molecule has 0 radical (unpaired) electrons. The zero-order valence-corrected chi connectivity index (χ0v) is 13.0. The smallest absolute Gasteiger partial charge is 0.322 e. The average molecular weight is 307 g/mol. The monoisotopic (exact) mass is 307 g/mol. The number of amides is 3. The highest BCUT2D eigenvalue weighted by molar-refractivity contribution is 5.94. The Bertz CT molecular complexity index is 546. The van der Waals surface area contributed by atoms with Crippen molar-refractivity contribution < 1.29 is 14.0 Å². The molecule has 1 aliphatic heterocycles. The molecule has 1 atom stereocenters. The number of carbonyl (C=O) groups is 2. The number of likely N-dealkylation sites (tertiary alicyclic amines) is 1. The first kappa shape index (κ1) is 16.3. The third-order valence-corrected chi connectivity index (χ3v) is 3.99. The van der Waals surface area contributed by atoms with Crippen LogP contribution in [-0.4, -0.2) is 47.4 Å². The van der Waals surface area contributed by atoms with E-state index in [1.54, 1.807) is 17.0 Å². The number of halogens is 1. The van der Waals surface area contributed by atoms with Crippen molar-refractivity contribution in [3.63, 3.8) is 0 Å². The third-order valence-electron chi connectivity index (χ3n) is 3.99. The second kappa shape index (κ2) is 7.24. The highest BCUT2D eigenvalue weighted by Crippen LogP contribution is 2.21. The summed E-state index contributed by atoms with van der Waals surface area (Å²) in [6.45, 7) is 5.58. The summed E-state index contributed by atoms with van der Waals surface area (Å²) in [5, 5.41) is 2.55. The molecule has 120 valence electrons. The quantitative estimate of drug-likeness (QED) is 0.930. The molecular weight excluding hydrogens is 285 g/mol. The Morgan fingerprint density at radius 1 is 1.32 bits per heavy atom. The van der Waals surface area contributed by atoms with Crippen molar-refractivity contribution in [1.29, 1.82) is 0 Å². The van der Waals surface area contributed by atoms with E-state index < -0.39 is 17.9 Å². The van der Waals surface area contributed by atoms with E-state index in [4.69, 9.17) is 0 Å². The molecule has 0 bridgehead atoms. The molecule has 2 rings (SSSR count). The largest absolute Gasteiger partial charge is 0.341 e. The summed E-state index contributed by atoms with van der Waals surface area (Å²) in [5.74, 6) is -0.521. The maximum absolute atomic E-state index is 13.6. The fourth-order valence-corrected chi connectivity index (χ4v) is 2.76. The summed E-state index contributed by atoms with van der Waals surface area (Å²) in [4.78, 5) is 28.1. The lowest BCUT2D eigenvalue weighted by Gasteiger charge is -2.29. The predicted molar refractivity (Wildman–Crippen MR) is 83.1 cm³/mol. The molecule has 0 aliphatic carbocycles. The van der Waals surface area contributed by atoms with E-state index in [1.807, 2.05) is 13.8 Å². The van der Waals surface area contributed by atoms with Gasteiger partial charge in [0.05, 0.1) is 5.69 Å². The molecule has 3 amide bonds. The topological polar surface area (TPSA) is 52.7 Å². The Morgan fingerprint density at radius 2 is 2.00 bits per heavy atom. The van der Waals surface area contributed by atoms with Gasteiger partial charge in [-0.1, -0.05) is 12.1 Å². The minimum absolute atomic E-state index is 0.0359. The van der Waals surface area contributed by atoms with Gasteiger partial charge < -0.3 is 15.1 Å². The van der Waals surface area contributed by atoms with Crippen molar-refractivity contribution in [3.05, 3.63) is 30.1 Å². The van der Waals surface area contributed by atoms with Crippen LogP contribution in [0.3, 0.4) is 0 Å². The normalized spacial score (nSPS) is 17.4. The van der Waals surface area contributed by atoms with Crippen molar-refractivity contribution in [2.24, 2.45) is 0 Å². The standard InChI is InChI=1S/C16H22FN3O2/c1-3-19(4-2)15(21)14-10-7-11-20(14)16(22)18-13-9-6-5-8-12(13)17/h5-6,8-9,14H,3-4,7,10-11H2,1-2H3,(H,18,22). The Balaban J connectivity index is 2.08. The molecule has 1 heterocycles. The number of urea groups is 1. The molecule has 1 N–H and O–H groups in total. The van der Waals surface area contributed by atoms with Crippen molar-refractivity contribution in [2.45, 2.75) is 32.7 Å². The molecule has 6 heteroatoms. The second-order valence-electron chi connectivity index (χ2n) is 5.27. The number of likely N-dealkylation sites (N-methyl/N-ethyl adjacent to an activating group) is 1. The molecule has 1 aromatic carbocycles. The van der Waals surface area contributed by atoms with E-state index in [9.17, 15) is 14.0 Å². The molecule has 5 nitrogen and oxygen atoms in total. The summed E-state index contributed by atoms with van der Waals surface area (Å²) in [5.41, 5.74) is 0.133. The lowest BCUT2D eigenvalue weighted by atomic mass is 10.2. The van der Waals surface area contributed by atoms with Gasteiger partial charge in [0.15, 0.2) is 0 Å². The van der Waals surface area contributed by atoms with Gasteiger partial charge in [0.1, 0.15) is 11.9 Å². The van der Waals surface area contributed by atoms with Gasteiger partial charge in [0.2, 0.25) is 5.91 Å². The number of nitrogens with zero attached hydrogens (tertiary/aromatic N) is 2. The first-order valence-electron chi connectivity index (χ1n) is 7.69. The molecule has 0 saturated carbocycles. The van der Waals surface area contributed by atoms with E-state index in [-0.39, 0.29) is 11.6 Å². The fraction of sp³-hybridized carbons (Fsp3) is 0.500. The lowest BCUT2D eigenvalue weighted by molar-refractivity contribution is -0.134. The number of hydrogen-bond donors (Lipinski definition) is 1. The molecule has 22 heavy (non-hydrogen) atoms. The summed E-state index contributed by atoms with van der Waals surface area (Å²) >= 11 is 0. The van der Waals surface area contributed by atoms with Crippen molar-refractivity contribution >= 4 is 17.6 Å². The van der Waals surface area contributed by atoms with Crippen LogP contribution >= 0.6 is 0 Å². The van der Waals surface area contributed by atoms with Crippen molar-refractivity contribution in [2.75, 3.05) is 25.0 Å². The van der Waals surface area contributed by atoms with Crippen molar-refractivity contribution in [3.8, 4) is 0 Å². The molecule has 1 aromatic rings. The number of anilines is 1.